The molecule has 1 aliphatic heterocycles. The van der Waals surface area contributed by atoms with Crippen LogP contribution < -0.4 is 9.64 Å². The highest BCUT2D eigenvalue weighted by Crippen LogP contribution is 2.44. The average molecular weight is 481 g/mol. The standard InChI is InChI=1S/C24H17FN2O4S2/c1-2-31-15-9-10-16-18(12-15)33-24(26-16)27-20(13-5-7-14(25)8-6-13)19(22(29)23(27)30)21(28)17-4-3-11-32-17/h3-12,20,29H,2H2,1H3/t20-/m1/s1. The number of Topliss-reactive ketones (excluding diaryl/α,β-unsaturated/α-hetero) is 1. The largest absolute Gasteiger partial charge is 0.503 e. The Bertz CT molecular complexity index is 1390. The van der Waals surface area contributed by atoms with Crippen molar-refractivity contribution in [2.45, 2.75) is 13.0 Å². The Morgan fingerprint density at radius 3 is 2.70 bits per heavy atom. The van der Waals surface area contributed by atoms with E-state index in [2.05, 4.69) is 4.98 Å². The van der Waals surface area contributed by atoms with Crippen molar-refractivity contribution in [3.63, 3.8) is 0 Å². The van der Waals surface area contributed by atoms with Crippen LogP contribution in [0.3, 0.4) is 0 Å². The fourth-order valence-electron chi connectivity index (χ4n) is 3.79. The van der Waals surface area contributed by atoms with Crippen molar-refractivity contribution < 1.29 is 23.8 Å². The maximum atomic E-state index is 13.6. The first-order valence-corrected chi connectivity index (χ1v) is 11.8. The predicted molar refractivity (Wildman–Crippen MR) is 126 cm³/mol. The third-order valence-corrected chi connectivity index (χ3v) is 7.14. The molecule has 0 unspecified atom stereocenters. The number of thiazole rings is 1. The summed E-state index contributed by atoms with van der Waals surface area (Å²) in [5.41, 5.74) is 1.09. The Morgan fingerprint density at radius 1 is 1.21 bits per heavy atom. The zero-order valence-electron chi connectivity index (χ0n) is 17.3. The van der Waals surface area contributed by atoms with Gasteiger partial charge in [0.15, 0.2) is 10.9 Å². The number of ketones is 1. The van der Waals surface area contributed by atoms with Crippen LogP contribution in [0.25, 0.3) is 10.2 Å². The number of anilines is 1. The molecule has 0 spiro atoms. The van der Waals surface area contributed by atoms with E-state index in [0.717, 1.165) is 4.70 Å². The molecule has 3 heterocycles. The second-order valence-electron chi connectivity index (χ2n) is 7.26. The van der Waals surface area contributed by atoms with Gasteiger partial charge in [0, 0.05) is 0 Å². The van der Waals surface area contributed by atoms with Gasteiger partial charge in [-0.2, -0.15) is 0 Å². The van der Waals surface area contributed by atoms with E-state index in [4.69, 9.17) is 4.74 Å². The molecular weight excluding hydrogens is 463 g/mol. The minimum absolute atomic E-state index is 0.0525. The summed E-state index contributed by atoms with van der Waals surface area (Å²) in [6.07, 6.45) is 0. The van der Waals surface area contributed by atoms with E-state index >= 15 is 0 Å². The van der Waals surface area contributed by atoms with Crippen LogP contribution in [0.2, 0.25) is 0 Å². The van der Waals surface area contributed by atoms with Crippen molar-refractivity contribution in [3.8, 4) is 5.75 Å². The van der Waals surface area contributed by atoms with E-state index in [1.807, 2.05) is 13.0 Å². The first kappa shape index (κ1) is 21.3. The summed E-state index contributed by atoms with van der Waals surface area (Å²) >= 11 is 2.46. The third kappa shape index (κ3) is 3.69. The van der Waals surface area contributed by atoms with Gasteiger partial charge in [0.1, 0.15) is 11.6 Å². The monoisotopic (exact) mass is 480 g/mol. The number of hydrogen-bond acceptors (Lipinski definition) is 7. The molecule has 166 valence electrons. The molecule has 0 saturated heterocycles. The topological polar surface area (TPSA) is 79.7 Å². The molecule has 0 fully saturated rings. The first-order chi connectivity index (χ1) is 16.0. The van der Waals surface area contributed by atoms with Crippen molar-refractivity contribution in [1.29, 1.82) is 0 Å². The molecule has 4 aromatic rings. The fraction of sp³-hybridized carbons (Fsp3) is 0.125. The smallest absolute Gasteiger partial charge is 0.296 e. The van der Waals surface area contributed by atoms with Crippen molar-refractivity contribution in [3.05, 3.63) is 87.6 Å². The van der Waals surface area contributed by atoms with Crippen LogP contribution in [-0.4, -0.2) is 28.4 Å². The number of halogens is 1. The second kappa shape index (κ2) is 8.42. The van der Waals surface area contributed by atoms with Gasteiger partial charge >= 0.3 is 0 Å². The van der Waals surface area contributed by atoms with Gasteiger partial charge in [0.05, 0.1) is 33.3 Å². The Hall–Kier alpha value is -3.56. The number of aliphatic hydroxyl groups is 1. The van der Waals surface area contributed by atoms with E-state index in [0.29, 0.717) is 33.4 Å². The number of benzene rings is 2. The molecule has 1 atom stereocenters. The van der Waals surface area contributed by atoms with Gasteiger partial charge in [-0.1, -0.05) is 29.5 Å². The number of hydrogen-bond donors (Lipinski definition) is 1. The molecule has 0 aliphatic carbocycles. The summed E-state index contributed by atoms with van der Waals surface area (Å²) in [7, 11) is 0. The lowest BCUT2D eigenvalue weighted by Gasteiger charge is -2.24. The summed E-state index contributed by atoms with van der Waals surface area (Å²) in [5, 5.41) is 12.9. The summed E-state index contributed by atoms with van der Waals surface area (Å²) < 4.78 is 20.0. The Balaban J connectivity index is 1.64. The molecule has 1 N–H and O–H groups in total. The van der Waals surface area contributed by atoms with E-state index in [9.17, 15) is 19.1 Å². The SMILES string of the molecule is CCOc1ccc2nc(N3C(=O)C(O)=C(C(=O)c4cccs4)[C@H]3c3ccc(F)cc3)sc2c1. The fourth-order valence-corrected chi connectivity index (χ4v) is 5.49. The number of carbonyl (C=O) groups excluding carboxylic acids is 2. The molecule has 0 saturated carbocycles. The zero-order chi connectivity index (χ0) is 23.1. The molecule has 2 aromatic carbocycles. The Morgan fingerprint density at radius 2 is 2.00 bits per heavy atom. The van der Waals surface area contributed by atoms with Gasteiger partial charge in [0.2, 0.25) is 5.78 Å². The molecule has 1 aliphatic rings. The third-order valence-electron chi connectivity index (χ3n) is 5.25. The number of thiophene rings is 1. The molecule has 9 heteroatoms. The molecule has 33 heavy (non-hydrogen) atoms. The van der Waals surface area contributed by atoms with Crippen LogP contribution in [0.1, 0.15) is 28.2 Å². The Labute approximate surface area is 196 Å². The summed E-state index contributed by atoms with van der Waals surface area (Å²) in [6.45, 7) is 2.40. The van der Waals surface area contributed by atoms with Crippen LogP contribution in [0.15, 0.2) is 71.3 Å². The van der Waals surface area contributed by atoms with Gasteiger partial charge in [-0.25, -0.2) is 9.37 Å². The molecular formula is C24H17FN2O4S2. The van der Waals surface area contributed by atoms with Gasteiger partial charge in [0.25, 0.3) is 5.91 Å². The van der Waals surface area contributed by atoms with Crippen molar-refractivity contribution in [2.24, 2.45) is 0 Å². The normalized spacial score (nSPS) is 16.1. The maximum absolute atomic E-state index is 13.6. The van der Waals surface area contributed by atoms with Gasteiger partial charge < -0.3 is 9.84 Å². The predicted octanol–water partition coefficient (Wildman–Crippen LogP) is 5.68. The van der Waals surface area contributed by atoms with Crippen LogP contribution in [0, 0.1) is 5.82 Å². The molecule has 0 radical (unpaired) electrons. The lowest BCUT2D eigenvalue weighted by atomic mass is 9.95. The number of nitrogens with zero attached hydrogens (tertiary/aromatic N) is 2. The number of amides is 1. The number of aliphatic hydroxyl groups excluding tert-OH is 1. The van der Waals surface area contributed by atoms with Gasteiger partial charge in [-0.05, 0) is 54.3 Å². The second-order valence-corrected chi connectivity index (χ2v) is 9.21. The molecule has 6 nitrogen and oxygen atoms in total. The van der Waals surface area contributed by atoms with Gasteiger partial charge in [-0.15, -0.1) is 11.3 Å². The van der Waals surface area contributed by atoms with E-state index in [1.165, 1.54) is 51.8 Å². The molecule has 0 bridgehead atoms. The Kier molecular flexibility index (Phi) is 5.43. The number of carbonyl (C=O) groups is 2. The first-order valence-electron chi connectivity index (χ1n) is 10.1. The molecule has 5 rings (SSSR count). The van der Waals surface area contributed by atoms with Gasteiger partial charge in [-0.3, -0.25) is 14.5 Å². The van der Waals surface area contributed by atoms with Crippen LogP contribution in [-0.2, 0) is 4.79 Å². The zero-order valence-corrected chi connectivity index (χ0v) is 19.0. The van der Waals surface area contributed by atoms with E-state index in [-0.39, 0.29) is 5.57 Å². The highest BCUT2D eigenvalue weighted by atomic mass is 32.1. The van der Waals surface area contributed by atoms with Crippen LogP contribution >= 0.6 is 22.7 Å². The van der Waals surface area contributed by atoms with Crippen molar-refractivity contribution in [1.82, 2.24) is 4.98 Å². The summed E-state index contributed by atoms with van der Waals surface area (Å²) in [6, 6.07) is 13.3. The summed E-state index contributed by atoms with van der Waals surface area (Å²) in [5.74, 6) is -1.58. The minimum atomic E-state index is -0.945. The van der Waals surface area contributed by atoms with Crippen molar-refractivity contribution in [2.75, 3.05) is 11.5 Å². The molecule has 2 aromatic heterocycles. The highest BCUT2D eigenvalue weighted by molar-refractivity contribution is 7.22. The minimum Gasteiger partial charge on any atom is -0.503 e. The maximum Gasteiger partial charge on any atom is 0.296 e. The summed E-state index contributed by atoms with van der Waals surface area (Å²) in [4.78, 5) is 32.8. The number of ether oxygens (including phenoxy) is 1. The van der Waals surface area contributed by atoms with E-state index in [1.54, 1.807) is 29.6 Å². The average Bonchev–Trinajstić information content (AvgIpc) is 3.53. The lowest BCUT2D eigenvalue weighted by molar-refractivity contribution is -0.117. The number of rotatable bonds is 6. The highest BCUT2D eigenvalue weighted by Gasteiger charge is 2.46. The number of aromatic nitrogens is 1. The number of fused-ring (bicyclic) bond motifs is 1. The van der Waals surface area contributed by atoms with E-state index < -0.39 is 29.3 Å². The van der Waals surface area contributed by atoms with Crippen molar-refractivity contribution >= 4 is 49.7 Å². The van der Waals surface area contributed by atoms with Crippen LogP contribution in [0.4, 0.5) is 9.52 Å². The molecule has 1 amide bonds. The quantitative estimate of drug-likeness (QED) is 0.359. The van der Waals surface area contributed by atoms with Crippen LogP contribution in [0.5, 0.6) is 5.75 Å². The lowest BCUT2D eigenvalue weighted by Crippen LogP contribution is -2.30.